The average molecular weight is 347 g/mol. The molecular weight excluding hydrogens is 318 g/mol. The summed E-state index contributed by atoms with van der Waals surface area (Å²) in [5.41, 5.74) is 1.34. The minimum atomic E-state index is -0.240. The van der Waals surface area contributed by atoms with Crippen molar-refractivity contribution in [1.82, 2.24) is 5.32 Å². The van der Waals surface area contributed by atoms with Crippen molar-refractivity contribution < 1.29 is 14.4 Å². The number of carbonyl (C=O) groups excluding carboxylic acids is 3. The van der Waals surface area contributed by atoms with E-state index in [0.717, 1.165) is 12.8 Å². The first-order chi connectivity index (χ1) is 11.8. The van der Waals surface area contributed by atoms with Gasteiger partial charge in [0, 0.05) is 36.8 Å². The summed E-state index contributed by atoms with van der Waals surface area (Å²) in [6, 6.07) is 4.89. The van der Waals surface area contributed by atoms with Crippen molar-refractivity contribution in [3.63, 3.8) is 0 Å². The fraction of sp³-hybridized carbons (Fsp3) is 0.526. The van der Waals surface area contributed by atoms with Crippen LogP contribution in [0.15, 0.2) is 18.2 Å². The highest BCUT2D eigenvalue weighted by atomic mass is 16.2. The first kappa shape index (κ1) is 20.7. The Hall–Kier alpha value is -2.37. The van der Waals surface area contributed by atoms with Gasteiger partial charge in [-0.3, -0.25) is 14.4 Å². The molecule has 0 radical (unpaired) electrons. The fourth-order valence-corrected chi connectivity index (χ4v) is 2.57. The van der Waals surface area contributed by atoms with Gasteiger partial charge in [0.25, 0.3) is 5.91 Å². The Morgan fingerprint density at radius 3 is 1.96 bits per heavy atom. The van der Waals surface area contributed by atoms with Crippen molar-refractivity contribution in [2.24, 2.45) is 0 Å². The van der Waals surface area contributed by atoms with Gasteiger partial charge in [0.2, 0.25) is 11.8 Å². The summed E-state index contributed by atoms with van der Waals surface area (Å²) < 4.78 is 0. The largest absolute Gasteiger partial charge is 0.350 e. The highest BCUT2D eigenvalue weighted by Gasteiger charge is 2.13. The zero-order valence-electron chi connectivity index (χ0n) is 15.6. The molecule has 0 bridgehead atoms. The molecule has 0 aliphatic heterocycles. The Kier molecular flexibility index (Phi) is 8.67. The number of anilines is 2. The van der Waals surface area contributed by atoms with Crippen molar-refractivity contribution in [3.8, 4) is 0 Å². The highest BCUT2D eigenvalue weighted by molar-refractivity contribution is 6.00. The first-order valence-corrected chi connectivity index (χ1v) is 8.83. The third-order valence-corrected chi connectivity index (χ3v) is 3.70. The van der Waals surface area contributed by atoms with Gasteiger partial charge in [-0.05, 0) is 31.5 Å². The molecule has 0 aliphatic rings. The van der Waals surface area contributed by atoms with Crippen LogP contribution >= 0.6 is 0 Å². The van der Waals surface area contributed by atoms with Gasteiger partial charge in [0.05, 0.1) is 0 Å². The number of benzene rings is 1. The van der Waals surface area contributed by atoms with Crippen LogP contribution in [0.5, 0.6) is 0 Å². The van der Waals surface area contributed by atoms with Crippen LogP contribution in [0.3, 0.4) is 0 Å². The first-order valence-electron chi connectivity index (χ1n) is 8.83. The Labute approximate surface area is 149 Å². The third kappa shape index (κ3) is 8.33. The van der Waals surface area contributed by atoms with E-state index in [4.69, 9.17) is 0 Å². The van der Waals surface area contributed by atoms with E-state index in [2.05, 4.69) is 22.9 Å². The molecule has 3 N–H and O–H groups in total. The van der Waals surface area contributed by atoms with Gasteiger partial charge in [-0.25, -0.2) is 0 Å². The lowest BCUT2D eigenvalue weighted by atomic mass is 10.1. The monoisotopic (exact) mass is 347 g/mol. The molecule has 1 rings (SSSR count). The van der Waals surface area contributed by atoms with Gasteiger partial charge >= 0.3 is 0 Å². The molecule has 1 aromatic rings. The summed E-state index contributed by atoms with van der Waals surface area (Å²) in [5.74, 6) is -0.701. The van der Waals surface area contributed by atoms with Crippen molar-refractivity contribution in [1.29, 1.82) is 0 Å². The Morgan fingerprint density at radius 2 is 1.48 bits per heavy atom. The molecule has 1 aromatic carbocycles. The quantitative estimate of drug-likeness (QED) is 0.595. The van der Waals surface area contributed by atoms with Crippen molar-refractivity contribution >= 4 is 29.1 Å². The molecule has 1 atom stereocenters. The minimum absolute atomic E-state index is 0.0676. The van der Waals surface area contributed by atoms with Crippen molar-refractivity contribution in [2.75, 3.05) is 10.6 Å². The molecule has 138 valence electrons. The maximum Gasteiger partial charge on any atom is 0.251 e. The van der Waals surface area contributed by atoms with Crippen LogP contribution in [0, 0.1) is 0 Å². The molecule has 0 saturated heterocycles. The maximum absolute atomic E-state index is 12.5. The van der Waals surface area contributed by atoms with Gasteiger partial charge in [-0.1, -0.05) is 32.6 Å². The molecule has 0 aliphatic carbocycles. The number of rotatable bonds is 9. The Morgan fingerprint density at radius 1 is 0.920 bits per heavy atom. The SMILES string of the molecule is CCCCCCC(C)NC(=O)c1cc(NC(C)=O)cc(NC(C)=O)c1. The topological polar surface area (TPSA) is 87.3 Å². The second-order valence-corrected chi connectivity index (χ2v) is 6.39. The fourth-order valence-electron chi connectivity index (χ4n) is 2.57. The van der Waals surface area contributed by atoms with Gasteiger partial charge < -0.3 is 16.0 Å². The summed E-state index contributed by atoms with van der Waals surface area (Å²) in [6.45, 7) is 6.93. The van der Waals surface area contributed by atoms with Crippen LogP contribution in [-0.2, 0) is 9.59 Å². The molecule has 6 nitrogen and oxygen atoms in total. The number of nitrogens with one attached hydrogen (secondary N) is 3. The molecule has 25 heavy (non-hydrogen) atoms. The number of carbonyl (C=O) groups is 3. The number of amides is 3. The van der Waals surface area contributed by atoms with Gasteiger partial charge in [0.1, 0.15) is 0 Å². The smallest absolute Gasteiger partial charge is 0.251 e. The lowest BCUT2D eigenvalue weighted by Crippen LogP contribution is -2.32. The molecule has 0 spiro atoms. The van der Waals surface area contributed by atoms with E-state index < -0.39 is 0 Å². The normalized spacial score (nSPS) is 11.5. The van der Waals surface area contributed by atoms with Crippen LogP contribution in [0.2, 0.25) is 0 Å². The van der Waals surface area contributed by atoms with E-state index in [9.17, 15) is 14.4 Å². The van der Waals surface area contributed by atoms with E-state index in [1.165, 1.54) is 33.1 Å². The molecule has 0 heterocycles. The average Bonchev–Trinajstić information content (AvgIpc) is 2.50. The van der Waals surface area contributed by atoms with Gasteiger partial charge in [0.15, 0.2) is 0 Å². The summed E-state index contributed by atoms with van der Waals surface area (Å²) >= 11 is 0. The zero-order chi connectivity index (χ0) is 18.8. The molecular formula is C19H29N3O3. The lowest BCUT2D eigenvalue weighted by molar-refractivity contribution is -0.115. The van der Waals surface area contributed by atoms with E-state index in [1.54, 1.807) is 18.2 Å². The maximum atomic E-state index is 12.5. The Bertz CT molecular complexity index is 580. The van der Waals surface area contributed by atoms with E-state index >= 15 is 0 Å². The number of unbranched alkanes of at least 4 members (excludes halogenated alkanes) is 3. The molecule has 0 saturated carbocycles. The molecule has 3 amide bonds. The summed E-state index contributed by atoms with van der Waals surface area (Å²) in [5, 5.41) is 8.26. The zero-order valence-corrected chi connectivity index (χ0v) is 15.6. The number of hydrogen-bond donors (Lipinski definition) is 3. The minimum Gasteiger partial charge on any atom is -0.350 e. The molecule has 0 fully saturated rings. The standard InChI is InChI=1S/C19H29N3O3/c1-5-6-7-8-9-13(2)20-19(25)16-10-17(21-14(3)23)12-18(11-16)22-15(4)24/h10-13H,5-9H2,1-4H3,(H,20,25)(H,21,23)(H,22,24). The predicted octanol–water partition coefficient (Wildman–Crippen LogP) is 3.69. The van der Waals surface area contributed by atoms with Crippen LogP contribution in [0.25, 0.3) is 0 Å². The van der Waals surface area contributed by atoms with Crippen LogP contribution < -0.4 is 16.0 Å². The van der Waals surface area contributed by atoms with E-state index in [-0.39, 0.29) is 23.8 Å². The second-order valence-electron chi connectivity index (χ2n) is 6.39. The second kappa shape index (κ2) is 10.5. The Balaban J connectivity index is 2.80. The molecule has 0 aromatic heterocycles. The lowest BCUT2D eigenvalue weighted by Gasteiger charge is -2.15. The predicted molar refractivity (Wildman–Crippen MR) is 101 cm³/mol. The van der Waals surface area contributed by atoms with Crippen LogP contribution in [-0.4, -0.2) is 23.8 Å². The van der Waals surface area contributed by atoms with Gasteiger partial charge in [-0.2, -0.15) is 0 Å². The van der Waals surface area contributed by atoms with Crippen molar-refractivity contribution in [2.45, 2.75) is 65.8 Å². The molecule has 6 heteroatoms. The van der Waals surface area contributed by atoms with E-state index in [0.29, 0.717) is 16.9 Å². The summed E-state index contributed by atoms with van der Waals surface area (Å²) in [7, 11) is 0. The summed E-state index contributed by atoms with van der Waals surface area (Å²) in [6.07, 6.45) is 5.57. The van der Waals surface area contributed by atoms with E-state index in [1.807, 2.05) is 6.92 Å². The third-order valence-electron chi connectivity index (χ3n) is 3.70. The number of hydrogen-bond acceptors (Lipinski definition) is 3. The van der Waals surface area contributed by atoms with Gasteiger partial charge in [-0.15, -0.1) is 0 Å². The molecule has 1 unspecified atom stereocenters. The van der Waals surface area contributed by atoms with Crippen LogP contribution in [0.4, 0.5) is 11.4 Å². The summed E-state index contributed by atoms with van der Waals surface area (Å²) in [4.78, 5) is 35.0. The van der Waals surface area contributed by atoms with Crippen molar-refractivity contribution in [3.05, 3.63) is 23.8 Å². The highest BCUT2D eigenvalue weighted by Crippen LogP contribution is 2.20. The van der Waals surface area contributed by atoms with Crippen LogP contribution in [0.1, 0.15) is 70.2 Å².